The van der Waals surface area contributed by atoms with E-state index < -0.39 is 0 Å². The summed E-state index contributed by atoms with van der Waals surface area (Å²) in [5.74, 6) is 2.32. The van der Waals surface area contributed by atoms with Crippen LogP contribution in [0.1, 0.15) is 49.8 Å². The van der Waals surface area contributed by atoms with Crippen molar-refractivity contribution in [2.75, 3.05) is 25.6 Å². The van der Waals surface area contributed by atoms with Gasteiger partial charge in [0.15, 0.2) is 11.6 Å². The summed E-state index contributed by atoms with van der Waals surface area (Å²) in [6.07, 6.45) is 8.56. The quantitative estimate of drug-likeness (QED) is 0.751. The van der Waals surface area contributed by atoms with Crippen molar-refractivity contribution in [3.8, 4) is 17.3 Å². The summed E-state index contributed by atoms with van der Waals surface area (Å²) >= 11 is 0. The average Bonchev–Trinajstić information content (AvgIpc) is 3.23. The van der Waals surface area contributed by atoms with E-state index in [9.17, 15) is 9.90 Å². The molecule has 2 heterocycles. The van der Waals surface area contributed by atoms with Crippen molar-refractivity contribution in [1.29, 1.82) is 0 Å². The van der Waals surface area contributed by atoms with Crippen LogP contribution in [0.4, 0.5) is 5.82 Å². The average molecular weight is 411 g/mol. The van der Waals surface area contributed by atoms with Gasteiger partial charge in [-0.05, 0) is 44.1 Å². The first kappa shape index (κ1) is 20.7. The summed E-state index contributed by atoms with van der Waals surface area (Å²) in [7, 11) is 3.54. The highest BCUT2D eigenvalue weighted by molar-refractivity contribution is 5.83. The molecule has 0 unspecified atom stereocenters. The lowest BCUT2D eigenvalue weighted by molar-refractivity contribution is -0.120. The highest BCUT2D eigenvalue weighted by Gasteiger charge is 2.27. The molecule has 0 saturated heterocycles. The number of hydrogen-bond donors (Lipinski definition) is 1. The van der Waals surface area contributed by atoms with Crippen molar-refractivity contribution in [3.05, 3.63) is 29.6 Å². The number of carbonyl (C=O) groups excluding carboxylic acids is 1. The van der Waals surface area contributed by atoms with Crippen LogP contribution in [0.5, 0.6) is 5.75 Å². The Labute approximate surface area is 177 Å². The maximum absolute atomic E-state index is 12.8. The first-order valence-electron chi connectivity index (χ1n) is 10.9. The Balaban J connectivity index is 1.55. The lowest BCUT2D eigenvalue weighted by atomic mass is 9.83. The van der Waals surface area contributed by atoms with E-state index in [1.807, 2.05) is 18.0 Å². The van der Waals surface area contributed by atoms with Crippen LogP contribution in [0.15, 0.2) is 18.3 Å². The molecule has 160 valence electrons. The molecule has 4 rings (SSSR count). The van der Waals surface area contributed by atoms with Gasteiger partial charge < -0.3 is 14.7 Å². The lowest BCUT2D eigenvalue weighted by Gasteiger charge is -2.28. The summed E-state index contributed by atoms with van der Waals surface area (Å²) in [6, 6.07) is 3.62. The number of aromatic nitrogens is 3. The molecule has 1 N–H and O–H groups in total. The third-order valence-electron chi connectivity index (χ3n) is 6.24. The Morgan fingerprint density at radius 3 is 2.87 bits per heavy atom. The minimum atomic E-state index is -0.345. The zero-order valence-corrected chi connectivity index (χ0v) is 17.8. The van der Waals surface area contributed by atoms with Gasteiger partial charge >= 0.3 is 0 Å². The molecule has 7 heteroatoms. The Morgan fingerprint density at radius 1 is 1.23 bits per heavy atom. The number of rotatable bonds is 7. The van der Waals surface area contributed by atoms with E-state index in [-0.39, 0.29) is 24.3 Å². The molecule has 0 spiro atoms. The summed E-state index contributed by atoms with van der Waals surface area (Å²) < 4.78 is 5.31. The fourth-order valence-corrected chi connectivity index (χ4v) is 4.63. The van der Waals surface area contributed by atoms with Crippen LogP contribution >= 0.6 is 0 Å². The van der Waals surface area contributed by atoms with E-state index in [4.69, 9.17) is 14.7 Å². The number of ether oxygens (including phenoxy) is 1. The van der Waals surface area contributed by atoms with Gasteiger partial charge in [-0.2, -0.15) is 0 Å². The van der Waals surface area contributed by atoms with Crippen molar-refractivity contribution >= 4 is 11.6 Å². The molecule has 0 amide bonds. The molecule has 0 radical (unpaired) electrons. The van der Waals surface area contributed by atoms with E-state index in [1.54, 1.807) is 19.4 Å². The number of nitrogens with zero attached hydrogens (tertiary/aromatic N) is 4. The number of ketones is 1. The first-order chi connectivity index (χ1) is 14.5. The van der Waals surface area contributed by atoms with Gasteiger partial charge in [0, 0.05) is 37.0 Å². The molecule has 2 aromatic heterocycles. The van der Waals surface area contributed by atoms with Gasteiger partial charge in [0.05, 0.1) is 19.8 Å². The van der Waals surface area contributed by atoms with E-state index in [2.05, 4.69) is 4.98 Å². The second-order valence-corrected chi connectivity index (χ2v) is 8.44. The second kappa shape index (κ2) is 9.08. The first-order valence-corrected chi connectivity index (χ1v) is 10.9. The number of aliphatic hydroxyl groups excluding tert-OH is 1. The van der Waals surface area contributed by atoms with E-state index in [1.165, 1.54) is 0 Å². The van der Waals surface area contributed by atoms with Gasteiger partial charge in [-0.25, -0.2) is 9.97 Å². The number of likely N-dealkylation sites (N-methyl/N-ethyl adjacent to an activating group) is 1. The van der Waals surface area contributed by atoms with Crippen molar-refractivity contribution in [2.24, 2.45) is 5.92 Å². The molecule has 0 aromatic carbocycles. The number of carbonyl (C=O) groups is 1. The number of Topliss-reactive ketones (excluding diaryl/α,β-unsaturated/α-hetero) is 1. The van der Waals surface area contributed by atoms with Gasteiger partial charge in [-0.3, -0.25) is 9.78 Å². The van der Waals surface area contributed by atoms with Crippen LogP contribution in [-0.4, -0.2) is 52.6 Å². The highest BCUT2D eigenvalue weighted by atomic mass is 16.5. The summed E-state index contributed by atoms with van der Waals surface area (Å²) in [5, 5.41) is 10.2. The predicted molar refractivity (Wildman–Crippen MR) is 115 cm³/mol. The Hall–Kier alpha value is -2.54. The molecule has 2 aliphatic carbocycles. The molecular formula is C23H30N4O3. The Kier molecular flexibility index (Phi) is 6.27. The molecule has 0 bridgehead atoms. The summed E-state index contributed by atoms with van der Waals surface area (Å²) in [5.41, 5.74) is 2.84. The fourth-order valence-electron chi connectivity index (χ4n) is 4.63. The normalized spacial score (nSPS) is 20.6. The number of fused-ring (bicyclic) bond motifs is 1. The Bertz CT molecular complexity index is 917. The van der Waals surface area contributed by atoms with Crippen molar-refractivity contribution in [1.82, 2.24) is 15.0 Å². The molecule has 2 atom stereocenters. The second-order valence-electron chi connectivity index (χ2n) is 8.44. The number of hydrogen-bond acceptors (Lipinski definition) is 7. The number of methoxy groups -OCH3 is 1. The third kappa shape index (κ3) is 4.46. The van der Waals surface area contributed by atoms with Crippen molar-refractivity contribution in [3.63, 3.8) is 0 Å². The number of aliphatic hydroxyl groups is 1. The van der Waals surface area contributed by atoms with Crippen LogP contribution in [-0.2, 0) is 17.6 Å². The molecule has 2 aliphatic rings. The predicted octanol–water partition coefficient (Wildman–Crippen LogP) is 2.98. The maximum Gasteiger partial charge on any atom is 0.180 e. The fraction of sp³-hybridized carbons (Fsp3) is 0.565. The van der Waals surface area contributed by atoms with Crippen molar-refractivity contribution < 1.29 is 14.6 Å². The van der Waals surface area contributed by atoms with Gasteiger partial charge in [0.25, 0.3) is 0 Å². The van der Waals surface area contributed by atoms with Gasteiger partial charge in [0.1, 0.15) is 17.3 Å². The van der Waals surface area contributed by atoms with Crippen LogP contribution in [0, 0.1) is 5.92 Å². The summed E-state index contributed by atoms with van der Waals surface area (Å²) in [6.45, 7) is 0.289. The number of aryl methyl sites for hydroxylation is 1. The van der Waals surface area contributed by atoms with E-state index in [0.29, 0.717) is 23.7 Å². The van der Waals surface area contributed by atoms with Crippen LogP contribution in [0.3, 0.4) is 0 Å². The van der Waals surface area contributed by atoms with Gasteiger partial charge in [-0.1, -0.05) is 12.8 Å². The van der Waals surface area contributed by atoms with Crippen LogP contribution in [0.25, 0.3) is 11.5 Å². The largest absolute Gasteiger partial charge is 0.497 e. The monoisotopic (exact) mass is 410 g/mol. The number of anilines is 1. The minimum absolute atomic E-state index is 0.0901. The molecule has 2 aromatic rings. The lowest BCUT2D eigenvalue weighted by Crippen LogP contribution is -2.32. The summed E-state index contributed by atoms with van der Waals surface area (Å²) in [4.78, 5) is 28.7. The Morgan fingerprint density at radius 2 is 2.07 bits per heavy atom. The standard InChI is InChI=1S/C23H30N4O3/c1-27(14-16(28)12-15-6-3-4-9-21(15)29)23-18-7-5-8-19(18)25-22(26-23)20-13-17(30-2)10-11-24-20/h10-11,13,15,21,29H,3-9,12,14H2,1-2H3/t15-,21-/m0/s1. The van der Waals surface area contributed by atoms with Crippen molar-refractivity contribution in [2.45, 2.75) is 57.5 Å². The highest BCUT2D eigenvalue weighted by Crippen LogP contribution is 2.32. The molecule has 30 heavy (non-hydrogen) atoms. The molecule has 1 fully saturated rings. The molecule has 7 nitrogen and oxygen atoms in total. The maximum atomic E-state index is 12.8. The van der Waals surface area contributed by atoms with Crippen LogP contribution in [0.2, 0.25) is 0 Å². The van der Waals surface area contributed by atoms with E-state index >= 15 is 0 Å². The van der Waals surface area contributed by atoms with E-state index in [0.717, 1.165) is 62.0 Å². The van der Waals surface area contributed by atoms with Gasteiger partial charge in [0.2, 0.25) is 0 Å². The molecule has 1 saturated carbocycles. The molecular weight excluding hydrogens is 380 g/mol. The zero-order valence-electron chi connectivity index (χ0n) is 17.8. The minimum Gasteiger partial charge on any atom is -0.497 e. The zero-order chi connectivity index (χ0) is 21.1. The number of pyridine rings is 1. The van der Waals surface area contributed by atoms with Crippen LogP contribution < -0.4 is 9.64 Å². The smallest absolute Gasteiger partial charge is 0.180 e. The topological polar surface area (TPSA) is 88.4 Å². The molecule has 0 aliphatic heterocycles. The SMILES string of the molecule is COc1ccnc(-c2nc3c(c(N(C)CC(=O)C[C@@H]4CCCC[C@@H]4O)n2)CCC3)c1. The van der Waals surface area contributed by atoms with Gasteiger partial charge in [-0.15, -0.1) is 0 Å². The third-order valence-corrected chi connectivity index (χ3v) is 6.24.